The number of aliphatic hydroxyl groups excluding tert-OH is 1. The second-order valence-electron chi connectivity index (χ2n) is 8.67. The largest absolute Gasteiger partial charge is 0.485 e. The third kappa shape index (κ3) is 5.42. The van der Waals surface area contributed by atoms with Gasteiger partial charge in [-0.15, -0.1) is 0 Å². The minimum atomic E-state index is -0.735. The van der Waals surface area contributed by atoms with E-state index in [4.69, 9.17) is 9.47 Å². The number of ether oxygens (including phenoxy) is 2. The Kier molecular flexibility index (Phi) is 5.98. The first-order chi connectivity index (χ1) is 14.8. The molecule has 1 saturated heterocycles. The number of aromatic nitrogens is 3. The van der Waals surface area contributed by atoms with Crippen molar-refractivity contribution in [3.05, 3.63) is 81.5 Å². The Labute approximate surface area is 181 Å². The molecule has 0 aliphatic carbocycles. The van der Waals surface area contributed by atoms with Crippen LogP contribution in [0.15, 0.2) is 53.3 Å². The van der Waals surface area contributed by atoms with Gasteiger partial charge >= 0.3 is 5.69 Å². The number of aliphatic hydroxyl groups is 1. The van der Waals surface area contributed by atoms with Gasteiger partial charge in [0, 0.05) is 6.42 Å². The van der Waals surface area contributed by atoms with E-state index in [1.807, 2.05) is 69.3 Å². The summed E-state index contributed by atoms with van der Waals surface area (Å²) in [5.41, 5.74) is 2.68. The van der Waals surface area contributed by atoms with Gasteiger partial charge in [-0.1, -0.05) is 42.0 Å². The van der Waals surface area contributed by atoms with Crippen LogP contribution in [0.25, 0.3) is 0 Å². The SMILES string of the molecule is Cc1ccc(Cn2nc(CCCc3ccc(OC(C)(C)C4OC4O)cc3)[nH]c2=O)cc1. The zero-order valence-electron chi connectivity index (χ0n) is 18.2. The summed E-state index contributed by atoms with van der Waals surface area (Å²) in [6.45, 7) is 6.32. The fraction of sp³-hybridized carbons (Fsp3) is 0.417. The number of epoxide rings is 1. The van der Waals surface area contributed by atoms with Crippen molar-refractivity contribution in [3.8, 4) is 5.75 Å². The lowest BCUT2D eigenvalue weighted by molar-refractivity contribution is 0.0744. The molecule has 0 radical (unpaired) electrons. The maximum absolute atomic E-state index is 12.2. The summed E-state index contributed by atoms with van der Waals surface area (Å²) in [4.78, 5) is 15.0. The van der Waals surface area contributed by atoms with Crippen molar-refractivity contribution in [1.29, 1.82) is 0 Å². The Morgan fingerprint density at radius 1 is 1.10 bits per heavy atom. The smallest absolute Gasteiger partial charge is 0.343 e. The predicted octanol–water partition coefficient (Wildman–Crippen LogP) is 2.98. The van der Waals surface area contributed by atoms with E-state index in [9.17, 15) is 9.90 Å². The number of hydrogen-bond donors (Lipinski definition) is 2. The second kappa shape index (κ2) is 8.69. The van der Waals surface area contributed by atoms with Gasteiger partial charge in [0.2, 0.25) is 0 Å². The monoisotopic (exact) mass is 423 g/mol. The molecule has 2 unspecified atom stereocenters. The highest BCUT2D eigenvalue weighted by Crippen LogP contribution is 2.34. The van der Waals surface area contributed by atoms with Crippen molar-refractivity contribution in [2.45, 2.75) is 64.6 Å². The number of aromatic amines is 1. The molecule has 0 saturated carbocycles. The quantitative estimate of drug-likeness (QED) is 0.516. The Bertz CT molecular complexity index is 1070. The maximum atomic E-state index is 12.2. The standard InChI is InChI=1S/C24H29N3O4/c1-16-7-9-18(10-8-16)15-27-23(29)25-20(26-27)6-4-5-17-11-13-19(14-12-17)31-24(2,3)21-22(28)30-21/h7-14,21-22,28H,4-6,15H2,1-3H3,(H,25,26,29). The summed E-state index contributed by atoms with van der Waals surface area (Å²) in [6.07, 6.45) is 1.44. The molecule has 7 nitrogen and oxygen atoms in total. The minimum Gasteiger partial charge on any atom is -0.485 e. The van der Waals surface area contributed by atoms with Crippen LogP contribution in [-0.4, -0.2) is 37.9 Å². The van der Waals surface area contributed by atoms with Crippen LogP contribution in [0.5, 0.6) is 5.75 Å². The molecule has 2 N–H and O–H groups in total. The van der Waals surface area contributed by atoms with E-state index >= 15 is 0 Å². The van der Waals surface area contributed by atoms with E-state index < -0.39 is 11.9 Å². The highest BCUT2D eigenvalue weighted by atomic mass is 16.7. The molecule has 4 rings (SSSR count). The molecular formula is C24H29N3O4. The Morgan fingerprint density at radius 3 is 2.39 bits per heavy atom. The van der Waals surface area contributed by atoms with Gasteiger partial charge in [0.25, 0.3) is 0 Å². The van der Waals surface area contributed by atoms with Crippen molar-refractivity contribution in [2.24, 2.45) is 0 Å². The van der Waals surface area contributed by atoms with Gasteiger partial charge in [-0.3, -0.25) is 4.98 Å². The molecule has 1 aromatic heterocycles. The summed E-state index contributed by atoms with van der Waals surface area (Å²) >= 11 is 0. The molecule has 2 atom stereocenters. The number of rotatable bonds is 9. The molecule has 164 valence electrons. The fourth-order valence-electron chi connectivity index (χ4n) is 3.65. The van der Waals surface area contributed by atoms with Crippen LogP contribution in [0.3, 0.4) is 0 Å². The van der Waals surface area contributed by atoms with E-state index in [1.54, 1.807) is 0 Å². The third-order valence-electron chi connectivity index (χ3n) is 5.52. The lowest BCUT2D eigenvalue weighted by Crippen LogP contribution is -2.36. The molecule has 2 aromatic carbocycles. The second-order valence-corrected chi connectivity index (χ2v) is 8.67. The van der Waals surface area contributed by atoms with Crippen LogP contribution in [0.4, 0.5) is 0 Å². The lowest BCUT2D eigenvalue weighted by atomic mass is 10.0. The number of benzene rings is 2. The van der Waals surface area contributed by atoms with Crippen molar-refractivity contribution in [2.75, 3.05) is 0 Å². The van der Waals surface area contributed by atoms with E-state index in [0.29, 0.717) is 18.8 Å². The Balaban J connectivity index is 1.27. The summed E-state index contributed by atoms with van der Waals surface area (Å²) < 4.78 is 12.6. The molecular weight excluding hydrogens is 394 g/mol. The molecule has 1 fully saturated rings. The van der Waals surface area contributed by atoms with Gasteiger partial charge in [0.05, 0.1) is 6.54 Å². The molecule has 1 aliphatic rings. The van der Waals surface area contributed by atoms with Crippen molar-refractivity contribution >= 4 is 0 Å². The molecule has 31 heavy (non-hydrogen) atoms. The van der Waals surface area contributed by atoms with Crippen LogP contribution in [0.2, 0.25) is 0 Å². The average molecular weight is 424 g/mol. The van der Waals surface area contributed by atoms with Gasteiger partial charge in [0.15, 0.2) is 12.4 Å². The zero-order chi connectivity index (χ0) is 22.0. The van der Waals surface area contributed by atoms with Gasteiger partial charge in [-0.05, 0) is 56.9 Å². The number of hydrogen-bond acceptors (Lipinski definition) is 5. The predicted molar refractivity (Wildman–Crippen MR) is 117 cm³/mol. The van der Waals surface area contributed by atoms with Crippen molar-refractivity contribution < 1.29 is 14.6 Å². The van der Waals surface area contributed by atoms with Crippen LogP contribution in [0.1, 0.15) is 42.8 Å². The summed E-state index contributed by atoms with van der Waals surface area (Å²) in [5.74, 6) is 1.46. The molecule has 3 aromatic rings. The average Bonchev–Trinajstić information content (AvgIpc) is 3.38. The highest BCUT2D eigenvalue weighted by Gasteiger charge is 2.50. The van der Waals surface area contributed by atoms with E-state index in [2.05, 4.69) is 10.1 Å². The molecule has 0 amide bonds. The zero-order valence-corrected chi connectivity index (χ0v) is 18.2. The molecule has 0 bridgehead atoms. The normalized spacial score (nSPS) is 18.2. The number of H-pyrrole nitrogens is 1. The van der Waals surface area contributed by atoms with Gasteiger partial charge in [-0.2, -0.15) is 5.10 Å². The summed E-state index contributed by atoms with van der Waals surface area (Å²) in [7, 11) is 0. The Morgan fingerprint density at radius 2 is 1.74 bits per heavy atom. The van der Waals surface area contributed by atoms with Gasteiger partial charge < -0.3 is 14.6 Å². The maximum Gasteiger partial charge on any atom is 0.343 e. The fourth-order valence-corrected chi connectivity index (χ4v) is 3.65. The first-order valence-corrected chi connectivity index (χ1v) is 10.6. The van der Waals surface area contributed by atoms with Crippen LogP contribution in [0, 0.1) is 6.92 Å². The van der Waals surface area contributed by atoms with Crippen molar-refractivity contribution in [3.63, 3.8) is 0 Å². The first-order valence-electron chi connectivity index (χ1n) is 10.6. The van der Waals surface area contributed by atoms with E-state index in [0.717, 1.165) is 24.2 Å². The number of aryl methyl sites for hydroxylation is 3. The molecule has 1 aliphatic heterocycles. The third-order valence-corrected chi connectivity index (χ3v) is 5.52. The van der Waals surface area contributed by atoms with Crippen LogP contribution >= 0.6 is 0 Å². The lowest BCUT2D eigenvalue weighted by Gasteiger charge is -2.24. The van der Waals surface area contributed by atoms with Crippen molar-refractivity contribution in [1.82, 2.24) is 14.8 Å². The first kappa shape index (κ1) is 21.3. The van der Waals surface area contributed by atoms with E-state index in [-0.39, 0.29) is 11.8 Å². The molecule has 7 heteroatoms. The minimum absolute atomic E-state index is 0.176. The molecule has 0 spiro atoms. The Hall–Kier alpha value is -2.90. The van der Waals surface area contributed by atoms with Crippen LogP contribution < -0.4 is 10.4 Å². The number of nitrogens with zero attached hydrogens (tertiary/aromatic N) is 2. The van der Waals surface area contributed by atoms with Gasteiger partial charge in [0.1, 0.15) is 17.2 Å². The highest BCUT2D eigenvalue weighted by molar-refractivity contribution is 5.28. The summed E-state index contributed by atoms with van der Waals surface area (Å²) in [6, 6.07) is 16.0. The summed E-state index contributed by atoms with van der Waals surface area (Å²) in [5, 5.41) is 13.9. The van der Waals surface area contributed by atoms with Crippen LogP contribution in [-0.2, 0) is 24.1 Å². The van der Waals surface area contributed by atoms with E-state index in [1.165, 1.54) is 15.8 Å². The topological polar surface area (TPSA) is 92.7 Å². The molecule has 2 heterocycles. The van der Waals surface area contributed by atoms with Gasteiger partial charge in [-0.25, -0.2) is 9.48 Å². The number of nitrogens with one attached hydrogen (secondary N) is 1.